The molecule has 0 bridgehead atoms. The Morgan fingerprint density at radius 2 is 2.13 bits per heavy atom. The molecule has 0 spiro atoms. The van der Waals surface area contributed by atoms with E-state index in [-0.39, 0.29) is 6.54 Å². The van der Waals surface area contributed by atoms with Gasteiger partial charge in [0.05, 0.1) is 11.8 Å². The molecule has 0 N–H and O–H groups in total. The third-order valence-corrected chi connectivity index (χ3v) is 3.95. The molecule has 0 atom stereocenters. The number of aryl methyl sites for hydroxylation is 1. The van der Waals surface area contributed by atoms with Gasteiger partial charge in [0.15, 0.2) is 0 Å². The maximum absolute atomic E-state index is 13.1. The fraction of sp³-hybridized carbons (Fsp3) is 0.400. The predicted molar refractivity (Wildman–Crippen MR) is 75.5 cm³/mol. The molecule has 1 aliphatic heterocycles. The van der Waals surface area contributed by atoms with Gasteiger partial charge in [-0.05, 0) is 25.0 Å². The molecule has 0 aromatic carbocycles. The van der Waals surface area contributed by atoms with Gasteiger partial charge in [0.25, 0.3) is 5.91 Å². The fourth-order valence-electron chi connectivity index (χ4n) is 2.81. The van der Waals surface area contributed by atoms with Crippen molar-refractivity contribution < 1.29 is 18.0 Å². The number of rotatable bonds is 1. The lowest BCUT2D eigenvalue weighted by Gasteiger charge is -2.21. The molecule has 0 unspecified atom stereocenters. The number of carbonyl (C=O) groups is 1. The molecular weight excluding hydrogens is 309 g/mol. The molecular formula is C15H15F3N4O. The molecule has 0 radical (unpaired) electrons. The van der Waals surface area contributed by atoms with Crippen molar-refractivity contribution in [1.82, 2.24) is 19.7 Å². The summed E-state index contributed by atoms with van der Waals surface area (Å²) < 4.78 is 41.0. The molecule has 23 heavy (non-hydrogen) atoms. The zero-order valence-electron chi connectivity index (χ0n) is 12.5. The van der Waals surface area contributed by atoms with Crippen LogP contribution in [0.2, 0.25) is 0 Å². The van der Waals surface area contributed by atoms with E-state index >= 15 is 0 Å². The van der Waals surface area contributed by atoms with Gasteiger partial charge in [-0.15, -0.1) is 0 Å². The molecule has 0 fully saturated rings. The van der Waals surface area contributed by atoms with Gasteiger partial charge < -0.3 is 4.90 Å². The van der Waals surface area contributed by atoms with Crippen LogP contribution in [0.3, 0.4) is 0 Å². The molecule has 0 saturated heterocycles. The molecule has 0 saturated carbocycles. The van der Waals surface area contributed by atoms with Crippen molar-refractivity contribution in [3.05, 3.63) is 47.0 Å². The molecule has 1 aliphatic rings. The van der Waals surface area contributed by atoms with Crippen molar-refractivity contribution >= 4 is 5.91 Å². The molecule has 1 amide bonds. The lowest BCUT2D eigenvalue weighted by molar-refractivity contribution is -0.138. The Morgan fingerprint density at radius 1 is 1.35 bits per heavy atom. The lowest BCUT2D eigenvalue weighted by Crippen LogP contribution is -2.33. The van der Waals surface area contributed by atoms with E-state index in [0.29, 0.717) is 13.0 Å². The molecule has 8 heteroatoms. The van der Waals surface area contributed by atoms with Crippen LogP contribution in [0, 0.1) is 0 Å². The highest BCUT2D eigenvalue weighted by Crippen LogP contribution is 2.32. The highest BCUT2D eigenvalue weighted by Gasteiger charge is 2.37. The first kappa shape index (κ1) is 15.5. The Kier molecular flexibility index (Phi) is 3.83. The van der Waals surface area contributed by atoms with Crippen molar-refractivity contribution in [2.75, 3.05) is 6.54 Å². The number of carbonyl (C=O) groups excluding carboxylic acids is 1. The monoisotopic (exact) mass is 324 g/mol. The van der Waals surface area contributed by atoms with Gasteiger partial charge in [-0.3, -0.25) is 14.5 Å². The van der Waals surface area contributed by atoms with Crippen LogP contribution in [0.15, 0.2) is 24.5 Å². The largest absolute Gasteiger partial charge is 0.418 e. The van der Waals surface area contributed by atoms with Crippen molar-refractivity contribution in [2.24, 2.45) is 7.05 Å². The van der Waals surface area contributed by atoms with Gasteiger partial charge in [-0.1, -0.05) is 0 Å². The van der Waals surface area contributed by atoms with Gasteiger partial charge in [0.2, 0.25) is 0 Å². The van der Waals surface area contributed by atoms with Crippen molar-refractivity contribution in [2.45, 2.75) is 25.6 Å². The Bertz CT molecular complexity index is 739. The van der Waals surface area contributed by atoms with Gasteiger partial charge >= 0.3 is 6.18 Å². The molecule has 3 rings (SSSR count). The van der Waals surface area contributed by atoms with E-state index < -0.39 is 23.3 Å². The van der Waals surface area contributed by atoms with Gasteiger partial charge in [-0.25, -0.2) is 0 Å². The Balaban J connectivity index is 1.92. The third-order valence-electron chi connectivity index (χ3n) is 3.95. The average molecular weight is 324 g/mol. The van der Waals surface area contributed by atoms with E-state index in [4.69, 9.17) is 0 Å². The van der Waals surface area contributed by atoms with E-state index in [0.717, 1.165) is 23.7 Å². The number of amides is 1. The molecule has 2 aromatic heterocycles. The first-order valence-electron chi connectivity index (χ1n) is 7.19. The number of aromatic nitrogens is 3. The normalized spacial score (nSPS) is 15.2. The summed E-state index contributed by atoms with van der Waals surface area (Å²) >= 11 is 0. The fourth-order valence-corrected chi connectivity index (χ4v) is 2.81. The predicted octanol–water partition coefficient (Wildman–Crippen LogP) is 2.42. The maximum Gasteiger partial charge on any atom is 0.418 e. The summed E-state index contributed by atoms with van der Waals surface area (Å²) in [5.74, 6) is -0.699. The lowest BCUT2D eigenvalue weighted by atomic mass is 10.1. The summed E-state index contributed by atoms with van der Waals surface area (Å²) in [6.45, 7) is 0.636. The topological polar surface area (TPSA) is 51.0 Å². The molecule has 3 heterocycles. The first-order chi connectivity index (χ1) is 10.9. The quantitative estimate of drug-likeness (QED) is 0.809. The summed E-state index contributed by atoms with van der Waals surface area (Å²) in [6, 6.07) is 2.06. The molecule has 2 aromatic rings. The number of fused-ring (bicyclic) bond motifs is 1. The van der Waals surface area contributed by atoms with Gasteiger partial charge in [0, 0.05) is 37.6 Å². The average Bonchev–Trinajstić information content (AvgIpc) is 2.74. The second-order valence-corrected chi connectivity index (χ2v) is 5.47. The summed E-state index contributed by atoms with van der Waals surface area (Å²) in [5.41, 5.74) is 0.327. The van der Waals surface area contributed by atoms with Crippen molar-refractivity contribution in [3.63, 3.8) is 0 Å². The highest BCUT2D eigenvalue weighted by molar-refractivity contribution is 5.94. The second-order valence-electron chi connectivity index (χ2n) is 5.47. The van der Waals surface area contributed by atoms with Crippen LogP contribution >= 0.6 is 0 Å². The zero-order chi connectivity index (χ0) is 16.6. The number of hydrogen-bond donors (Lipinski definition) is 0. The van der Waals surface area contributed by atoms with E-state index in [1.807, 2.05) is 7.05 Å². The van der Waals surface area contributed by atoms with E-state index in [2.05, 4.69) is 10.1 Å². The van der Waals surface area contributed by atoms with E-state index in [1.165, 1.54) is 17.2 Å². The number of hydrogen-bond acceptors (Lipinski definition) is 3. The number of halogens is 3. The van der Waals surface area contributed by atoms with E-state index in [9.17, 15) is 18.0 Å². The van der Waals surface area contributed by atoms with Crippen LogP contribution in [-0.4, -0.2) is 32.1 Å². The number of nitrogens with zero attached hydrogens (tertiary/aromatic N) is 4. The maximum atomic E-state index is 13.1. The Labute approximate surface area is 130 Å². The Morgan fingerprint density at radius 3 is 2.87 bits per heavy atom. The third kappa shape index (κ3) is 2.93. The van der Waals surface area contributed by atoms with Crippen LogP contribution in [0.25, 0.3) is 0 Å². The van der Waals surface area contributed by atoms with Crippen LogP contribution in [0.5, 0.6) is 0 Å². The summed E-state index contributed by atoms with van der Waals surface area (Å²) in [4.78, 5) is 17.7. The summed E-state index contributed by atoms with van der Waals surface area (Å²) in [6.07, 6.45) is -0.333. The minimum Gasteiger partial charge on any atom is -0.333 e. The van der Waals surface area contributed by atoms with E-state index in [1.54, 1.807) is 10.9 Å². The van der Waals surface area contributed by atoms with Crippen LogP contribution in [0.4, 0.5) is 13.2 Å². The standard InChI is InChI=1S/C15H15F3N4O/c1-21-12-5-3-7-22(9-10(12)8-20-21)14(23)13-11(15(16,17)18)4-2-6-19-13/h2,4,6,8H,3,5,7,9H2,1H3. The van der Waals surface area contributed by atoms with Crippen LogP contribution in [0.1, 0.15) is 33.7 Å². The second kappa shape index (κ2) is 5.68. The van der Waals surface area contributed by atoms with Gasteiger partial charge in [-0.2, -0.15) is 18.3 Å². The zero-order valence-corrected chi connectivity index (χ0v) is 12.5. The first-order valence-corrected chi connectivity index (χ1v) is 7.19. The summed E-state index contributed by atoms with van der Waals surface area (Å²) in [5, 5.41) is 4.15. The van der Waals surface area contributed by atoms with Gasteiger partial charge in [0.1, 0.15) is 5.69 Å². The number of pyridine rings is 1. The smallest absolute Gasteiger partial charge is 0.333 e. The van der Waals surface area contributed by atoms with Crippen LogP contribution < -0.4 is 0 Å². The van der Waals surface area contributed by atoms with Crippen molar-refractivity contribution in [3.8, 4) is 0 Å². The SMILES string of the molecule is Cn1ncc2c1CCCN(C(=O)c1ncccc1C(F)(F)F)C2. The summed E-state index contributed by atoms with van der Waals surface area (Å²) in [7, 11) is 1.82. The highest BCUT2D eigenvalue weighted by atomic mass is 19.4. The molecule has 5 nitrogen and oxygen atoms in total. The minimum absolute atomic E-state index is 0.246. The number of alkyl halides is 3. The van der Waals surface area contributed by atoms with Crippen LogP contribution in [-0.2, 0) is 26.2 Å². The molecule has 0 aliphatic carbocycles. The molecule has 122 valence electrons. The minimum atomic E-state index is -4.61. The van der Waals surface area contributed by atoms with Crippen molar-refractivity contribution in [1.29, 1.82) is 0 Å². The Hall–Kier alpha value is -2.38.